The van der Waals surface area contributed by atoms with Crippen molar-refractivity contribution in [2.75, 3.05) is 0 Å². The molecular formula is C24H34IN3O2. The van der Waals surface area contributed by atoms with Crippen molar-refractivity contribution >= 4 is 34.5 Å². The number of hydrogen-bond donors (Lipinski definition) is 1. The number of ketones is 1. The molecule has 1 atom stereocenters. The van der Waals surface area contributed by atoms with Crippen molar-refractivity contribution in [3.8, 4) is 5.75 Å². The summed E-state index contributed by atoms with van der Waals surface area (Å²) in [6.07, 6.45) is 7.75. The van der Waals surface area contributed by atoms with Crippen molar-refractivity contribution in [2.45, 2.75) is 66.5 Å². The normalized spacial score (nSPS) is 14.3. The summed E-state index contributed by atoms with van der Waals surface area (Å²) in [5.74, 6) is 0.795. The van der Waals surface area contributed by atoms with Crippen molar-refractivity contribution in [1.29, 1.82) is 0 Å². The molecule has 0 aliphatic carbocycles. The molecule has 0 saturated carbocycles. The highest BCUT2D eigenvalue weighted by Gasteiger charge is 2.32. The molecule has 0 amide bonds. The monoisotopic (exact) mass is 523 g/mol. The number of rotatable bonds is 9. The summed E-state index contributed by atoms with van der Waals surface area (Å²) in [6, 6.07) is 5.44. The fourth-order valence-corrected chi connectivity index (χ4v) is 3.22. The average molecular weight is 523 g/mol. The second-order valence-corrected chi connectivity index (χ2v) is 9.61. The lowest BCUT2D eigenvalue weighted by Crippen LogP contribution is -2.51. The van der Waals surface area contributed by atoms with Gasteiger partial charge in [-0.05, 0) is 64.0 Å². The maximum Gasteiger partial charge on any atom is 0.192 e. The van der Waals surface area contributed by atoms with Crippen LogP contribution in [0.5, 0.6) is 5.75 Å². The Morgan fingerprint density at radius 3 is 2.43 bits per heavy atom. The van der Waals surface area contributed by atoms with Gasteiger partial charge in [0.1, 0.15) is 5.69 Å². The van der Waals surface area contributed by atoms with E-state index in [1.54, 1.807) is 12.2 Å². The molecule has 1 aromatic rings. The third-order valence-corrected chi connectivity index (χ3v) is 4.58. The minimum Gasteiger partial charge on any atom is -0.425 e. The first-order valence-corrected chi connectivity index (χ1v) is 10.9. The van der Waals surface area contributed by atoms with Crippen molar-refractivity contribution < 1.29 is 7.86 Å². The molecule has 1 rings (SSSR count). The third kappa shape index (κ3) is 8.92. The second kappa shape index (κ2) is 11.6. The number of allylic oxidation sites excluding steroid dienone is 4. The van der Waals surface area contributed by atoms with E-state index in [2.05, 4.69) is 42.9 Å². The van der Waals surface area contributed by atoms with Crippen LogP contribution in [0.4, 0.5) is 5.69 Å². The van der Waals surface area contributed by atoms with Crippen LogP contribution in [-0.2, 0) is 11.2 Å². The maximum absolute atomic E-state index is 13.1. The molecule has 1 N–H and O–H groups in total. The van der Waals surface area contributed by atoms with E-state index in [0.29, 0.717) is 23.6 Å². The van der Waals surface area contributed by atoms with Gasteiger partial charge in [-0.3, -0.25) is 4.79 Å². The van der Waals surface area contributed by atoms with Gasteiger partial charge in [-0.2, -0.15) is 5.11 Å². The van der Waals surface area contributed by atoms with Crippen LogP contribution in [0, 0.1) is 5.41 Å². The zero-order valence-corrected chi connectivity index (χ0v) is 21.3. The van der Waals surface area contributed by atoms with E-state index >= 15 is 0 Å². The molecule has 0 aliphatic heterocycles. The topological polar surface area (TPSA) is 63.0 Å². The highest BCUT2D eigenvalue weighted by Crippen LogP contribution is 2.32. The zero-order chi connectivity index (χ0) is 22.9. The molecule has 0 saturated heterocycles. The molecule has 1 unspecified atom stereocenters. The lowest BCUT2D eigenvalue weighted by molar-refractivity contribution is -0.128. The number of carbonyl (C=O) groups is 1. The number of carbonyl (C=O) groups excluding carboxylic acids is 1. The number of halogens is 1. The fourth-order valence-electron chi connectivity index (χ4n) is 2.85. The first-order valence-electron chi connectivity index (χ1n) is 10.0. The van der Waals surface area contributed by atoms with E-state index in [1.807, 2.05) is 81.1 Å². The summed E-state index contributed by atoms with van der Waals surface area (Å²) in [6.45, 7) is 17.7. The van der Waals surface area contributed by atoms with Crippen LogP contribution in [0.3, 0.4) is 0 Å². The quantitative estimate of drug-likeness (QED) is 0.214. The Labute approximate surface area is 195 Å². The molecule has 0 heterocycles. The lowest BCUT2D eigenvalue weighted by Gasteiger charge is -2.32. The molecule has 0 bridgehead atoms. The predicted octanol–water partition coefficient (Wildman–Crippen LogP) is 7.06. The maximum atomic E-state index is 13.1. The van der Waals surface area contributed by atoms with Crippen LogP contribution in [0.15, 0.2) is 65.0 Å². The van der Waals surface area contributed by atoms with Gasteiger partial charge in [0.2, 0.25) is 0 Å². The Kier molecular flexibility index (Phi) is 10.1. The van der Waals surface area contributed by atoms with E-state index < -0.39 is 5.41 Å². The van der Waals surface area contributed by atoms with Crippen LogP contribution in [0.25, 0.3) is 0 Å². The van der Waals surface area contributed by atoms with Crippen molar-refractivity contribution in [3.05, 3.63) is 60.3 Å². The van der Waals surface area contributed by atoms with Gasteiger partial charge in [-0.15, -0.1) is 5.11 Å². The number of hydrogen-bond acceptors (Lipinski definition) is 5. The van der Waals surface area contributed by atoms with E-state index in [0.717, 1.165) is 5.56 Å². The van der Waals surface area contributed by atoms with Gasteiger partial charge in [0, 0.05) is 11.0 Å². The second-order valence-electron chi connectivity index (χ2n) is 9.17. The number of Topliss-reactive ketones (excluding diaryl/α,β-unsaturated/α-hetero) is 1. The molecule has 1 aromatic carbocycles. The van der Waals surface area contributed by atoms with Crippen molar-refractivity contribution in [3.63, 3.8) is 0 Å². The zero-order valence-electron chi connectivity index (χ0n) is 19.1. The summed E-state index contributed by atoms with van der Waals surface area (Å²) in [5, 5.41) is 12.1. The van der Waals surface area contributed by atoms with Crippen LogP contribution in [0.1, 0.15) is 54.0 Å². The van der Waals surface area contributed by atoms with Crippen molar-refractivity contribution in [1.82, 2.24) is 5.32 Å². The Bertz CT molecular complexity index is 828. The SMILES string of the molecule is C=C/C=C(\C=C/C)N=Nc1cc(CC(NC(C)(C)C)C(=O)C(C)(C)C)ccc1OI. The highest BCUT2D eigenvalue weighted by atomic mass is 127. The summed E-state index contributed by atoms with van der Waals surface area (Å²) < 4.78 is 5.42. The molecule has 0 radical (unpaired) electrons. The van der Waals surface area contributed by atoms with Gasteiger partial charge in [0.05, 0.1) is 11.7 Å². The molecular weight excluding hydrogens is 489 g/mol. The van der Waals surface area contributed by atoms with Gasteiger partial charge in [-0.25, -0.2) is 0 Å². The smallest absolute Gasteiger partial charge is 0.192 e. The molecule has 0 aliphatic rings. The molecule has 30 heavy (non-hydrogen) atoms. The summed E-state index contributed by atoms with van der Waals surface area (Å²) >= 11 is 1.83. The molecule has 0 aromatic heterocycles. The summed E-state index contributed by atoms with van der Waals surface area (Å²) in [4.78, 5) is 13.1. The lowest BCUT2D eigenvalue weighted by atomic mass is 9.83. The Morgan fingerprint density at radius 2 is 1.93 bits per heavy atom. The number of nitrogens with zero attached hydrogens (tertiary/aromatic N) is 2. The standard InChI is InChI=1S/C24H34IN3O2/c1-9-11-18(12-10-2)27-28-19-15-17(13-14-21(19)30-25)16-20(26-24(6,7)8)22(29)23(3,4)5/h9-15,20,26H,1,16H2,2-8H3/b12-10-,18-11+,28-27?. The molecule has 6 heteroatoms. The molecule has 164 valence electrons. The number of nitrogens with one attached hydrogen (secondary N) is 1. The van der Waals surface area contributed by atoms with Crippen LogP contribution in [-0.4, -0.2) is 17.4 Å². The minimum atomic E-state index is -0.437. The van der Waals surface area contributed by atoms with Crippen LogP contribution in [0.2, 0.25) is 0 Å². The van der Waals surface area contributed by atoms with Gasteiger partial charge in [0.15, 0.2) is 34.5 Å². The Morgan fingerprint density at radius 1 is 1.27 bits per heavy atom. The first-order chi connectivity index (χ1) is 13.9. The predicted molar refractivity (Wildman–Crippen MR) is 134 cm³/mol. The van der Waals surface area contributed by atoms with E-state index in [-0.39, 0.29) is 17.4 Å². The summed E-state index contributed by atoms with van der Waals surface area (Å²) in [5.41, 5.74) is 1.66. The van der Waals surface area contributed by atoms with Crippen LogP contribution >= 0.6 is 23.0 Å². The largest absolute Gasteiger partial charge is 0.425 e. The third-order valence-electron chi connectivity index (χ3n) is 4.11. The minimum absolute atomic E-state index is 0.180. The van der Waals surface area contributed by atoms with Gasteiger partial charge < -0.3 is 8.38 Å². The fraction of sp³-hybridized carbons (Fsp3) is 0.458. The highest BCUT2D eigenvalue weighted by molar-refractivity contribution is 14.1. The molecule has 5 nitrogen and oxygen atoms in total. The summed E-state index contributed by atoms with van der Waals surface area (Å²) in [7, 11) is 0. The Hall–Kier alpha value is -1.80. The molecule has 0 spiro atoms. The van der Waals surface area contributed by atoms with E-state index in [1.165, 1.54) is 0 Å². The van der Waals surface area contributed by atoms with Crippen LogP contribution < -0.4 is 8.38 Å². The van der Waals surface area contributed by atoms with Gasteiger partial charge in [-0.1, -0.05) is 45.6 Å². The Balaban J connectivity index is 3.28. The van der Waals surface area contributed by atoms with E-state index in [9.17, 15) is 4.79 Å². The van der Waals surface area contributed by atoms with Crippen molar-refractivity contribution in [2.24, 2.45) is 15.6 Å². The van der Waals surface area contributed by atoms with E-state index in [4.69, 9.17) is 3.07 Å². The number of benzene rings is 1. The van der Waals surface area contributed by atoms with Gasteiger partial charge in [0.25, 0.3) is 0 Å². The number of azo groups is 1. The average Bonchev–Trinajstić information content (AvgIpc) is 2.63. The first kappa shape index (κ1) is 26.2. The molecule has 0 fully saturated rings. The van der Waals surface area contributed by atoms with Gasteiger partial charge >= 0.3 is 0 Å².